The number of carbonyl (C=O) groups is 1. The van der Waals surface area contributed by atoms with Crippen molar-refractivity contribution < 1.29 is 4.79 Å². The second-order valence-electron chi connectivity index (χ2n) is 4.44. The number of aryl methyl sites for hydroxylation is 1. The number of carbonyl (C=O) groups excluding carboxylic acids is 1. The molecule has 0 aromatic heterocycles. The van der Waals surface area contributed by atoms with Crippen LogP contribution in [-0.4, -0.2) is 29.3 Å². The Morgan fingerprint density at radius 1 is 1.47 bits per heavy atom. The van der Waals surface area contributed by atoms with Crippen molar-refractivity contribution in [3.63, 3.8) is 0 Å². The second-order valence-corrected chi connectivity index (χ2v) is 5.73. The minimum Gasteiger partial charge on any atom is -0.334 e. The number of hydrogen-bond acceptors (Lipinski definition) is 1. The average Bonchev–Trinajstić information content (AvgIpc) is 3.07. The second kappa shape index (κ2) is 5.40. The van der Waals surface area contributed by atoms with Crippen LogP contribution in [0, 0.1) is 6.92 Å². The van der Waals surface area contributed by atoms with Gasteiger partial charge in [0.25, 0.3) is 5.91 Å². The van der Waals surface area contributed by atoms with Crippen LogP contribution < -0.4 is 0 Å². The molecule has 17 heavy (non-hydrogen) atoms. The van der Waals surface area contributed by atoms with E-state index >= 15 is 0 Å². The molecule has 0 radical (unpaired) electrons. The number of alkyl halides is 1. The van der Waals surface area contributed by atoms with Gasteiger partial charge in [-0.2, -0.15) is 0 Å². The summed E-state index contributed by atoms with van der Waals surface area (Å²) in [6, 6.07) is 6.20. The van der Waals surface area contributed by atoms with Crippen LogP contribution in [-0.2, 0) is 0 Å². The highest BCUT2D eigenvalue weighted by Crippen LogP contribution is 2.28. The summed E-state index contributed by atoms with van der Waals surface area (Å²) >= 11 is 9.18. The topological polar surface area (TPSA) is 20.3 Å². The van der Waals surface area contributed by atoms with Crippen LogP contribution in [0.2, 0.25) is 0 Å². The highest BCUT2D eigenvalue weighted by Gasteiger charge is 2.32. The maximum atomic E-state index is 12.4. The first-order valence-corrected chi connectivity index (χ1v) is 7.08. The molecule has 0 saturated heterocycles. The number of hydrogen-bond donors (Lipinski definition) is 0. The van der Waals surface area contributed by atoms with Gasteiger partial charge in [-0.05, 0) is 43.5 Å². The van der Waals surface area contributed by atoms with E-state index in [9.17, 15) is 4.79 Å². The van der Waals surface area contributed by atoms with E-state index in [1.54, 1.807) is 0 Å². The molecular weight excluding hydrogens is 302 g/mol. The van der Waals surface area contributed by atoms with Gasteiger partial charge in [0.05, 0.1) is 0 Å². The third kappa shape index (κ3) is 3.23. The highest BCUT2D eigenvalue weighted by molar-refractivity contribution is 9.10. The first-order chi connectivity index (χ1) is 8.11. The summed E-state index contributed by atoms with van der Waals surface area (Å²) < 4.78 is 0.947. The molecular formula is C13H15BrClNO. The molecule has 0 atom stereocenters. The van der Waals surface area contributed by atoms with Crippen molar-refractivity contribution in [1.82, 2.24) is 4.90 Å². The molecule has 0 unspecified atom stereocenters. The molecule has 1 amide bonds. The Hall–Kier alpha value is -0.540. The SMILES string of the molecule is Cc1cc(Br)cc(C(=O)N(CCCl)C2CC2)c1. The van der Waals surface area contributed by atoms with Gasteiger partial charge in [0, 0.05) is 28.5 Å². The monoisotopic (exact) mass is 315 g/mol. The third-order valence-electron chi connectivity index (χ3n) is 2.86. The van der Waals surface area contributed by atoms with E-state index in [2.05, 4.69) is 15.9 Å². The number of benzene rings is 1. The first-order valence-electron chi connectivity index (χ1n) is 5.76. The van der Waals surface area contributed by atoms with Gasteiger partial charge >= 0.3 is 0 Å². The molecule has 1 saturated carbocycles. The Morgan fingerprint density at radius 2 is 2.18 bits per heavy atom. The molecule has 4 heteroatoms. The lowest BCUT2D eigenvalue weighted by molar-refractivity contribution is 0.0753. The van der Waals surface area contributed by atoms with Gasteiger partial charge in [-0.3, -0.25) is 4.79 Å². The van der Waals surface area contributed by atoms with E-state index in [1.807, 2.05) is 30.0 Å². The minimum absolute atomic E-state index is 0.0950. The van der Waals surface area contributed by atoms with Gasteiger partial charge in [0.1, 0.15) is 0 Å². The molecule has 1 aromatic rings. The van der Waals surface area contributed by atoms with Crippen molar-refractivity contribution in [1.29, 1.82) is 0 Å². The number of halogens is 2. The Balaban J connectivity index is 2.21. The van der Waals surface area contributed by atoms with Crippen LogP contribution in [0.3, 0.4) is 0 Å². The molecule has 2 nitrogen and oxygen atoms in total. The summed E-state index contributed by atoms with van der Waals surface area (Å²) in [6.07, 6.45) is 2.21. The lowest BCUT2D eigenvalue weighted by atomic mass is 10.1. The fraction of sp³-hybridized carbons (Fsp3) is 0.462. The van der Waals surface area contributed by atoms with E-state index in [-0.39, 0.29) is 5.91 Å². The molecule has 0 heterocycles. The molecule has 1 aliphatic rings. The molecule has 0 bridgehead atoms. The smallest absolute Gasteiger partial charge is 0.254 e. The fourth-order valence-electron chi connectivity index (χ4n) is 1.95. The normalized spacial score (nSPS) is 14.8. The van der Waals surface area contributed by atoms with Gasteiger partial charge in [0.2, 0.25) is 0 Å². The summed E-state index contributed by atoms with van der Waals surface area (Å²) in [5, 5.41) is 0. The van der Waals surface area contributed by atoms with Crippen LogP contribution in [0.1, 0.15) is 28.8 Å². The van der Waals surface area contributed by atoms with Crippen LogP contribution in [0.4, 0.5) is 0 Å². The number of amides is 1. The number of rotatable bonds is 4. The van der Waals surface area contributed by atoms with Crippen molar-refractivity contribution in [2.75, 3.05) is 12.4 Å². The highest BCUT2D eigenvalue weighted by atomic mass is 79.9. The predicted molar refractivity (Wildman–Crippen MR) is 73.7 cm³/mol. The van der Waals surface area contributed by atoms with Crippen molar-refractivity contribution in [2.24, 2.45) is 0 Å². The maximum absolute atomic E-state index is 12.4. The number of nitrogens with zero attached hydrogens (tertiary/aromatic N) is 1. The van der Waals surface area contributed by atoms with Crippen LogP contribution >= 0.6 is 27.5 Å². The fourth-order valence-corrected chi connectivity index (χ4v) is 2.74. The molecule has 0 aliphatic heterocycles. The molecule has 92 valence electrons. The Morgan fingerprint density at radius 3 is 2.71 bits per heavy atom. The zero-order valence-corrected chi connectivity index (χ0v) is 12.1. The van der Waals surface area contributed by atoms with E-state index < -0.39 is 0 Å². The molecule has 1 aromatic carbocycles. The van der Waals surface area contributed by atoms with Gasteiger partial charge in [-0.15, -0.1) is 11.6 Å². The first kappa shape index (κ1) is 12.9. The Labute approximate surface area is 115 Å². The maximum Gasteiger partial charge on any atom is 0.254 e. The summed E-state index contributed by atoms with van der Waals surface area (Å²) in [5.41, 5.74) is 1.83. The van der Waals surface area contributed by atoms with E-state index in [4.69, 9.17) is 11.6 Å². The zero-order valence-electron chi connectivity index (χ0n) is 9.75. The zero-order chi connectivity index (χ0) is 12.4. The largest absolute Gasteiger partial charge is 0.334 e. The Bertz CT molecular complexity index is 411. The van der Waals surface area contributed by atoms with Crippen LogP contribution in [0.15, 0.2) is 22.7 Å². The van der Waals surface area contributed by atoms with Crippen molar-refractivity contribution in [3.05, 3.63) is 33.8 Å². The quantitative estimate of drug-likeness (QED) is 0.777. The minimum atomic E-state index is 0.0950. The van der Waals surface area contributed by atoms with E-state index in [1.165, 1.54) is 0 Å². The molecule has 2 rings (SSSR count). The molecule has 0 N–H and O–H groups in total. The van der Waals surface area contributed by atoms with Crippen LogP contribution in [0.25, 0.3) is 0 Å². The standard InChI is InChI=1S/C13H15BrClNO/c1-9-6-10(8-11(14)7-9)13(17)16(5-4-15)12-2-3-12/h6-8,12H,2-5H2,1H3. The lowest BCUT2D eigenvalue weighted by Crippen LogP contribution is -2.34. The molecule has 1 aliphatic carbocycles. The molecule has 1 fully saturated rings. The summed E-state index contributed by atoms with van der Waals surface area (Å²) in [5.74, 6) is 0.590. The average molecular weight is 317 g/mol. The molecule has 0 spiro atoms. The van der Waals surface area contributed by atoms with Crippen molar-refractivity contribution >= 4 is 33.4 Å². The third-order valence-corrected chi connectivity index (χ3v) is 3.49. The van der Waals surface area contributed by atoms with E-state index in [0.29, 0.717) is 18.5 Å². The van der Waals surface area contributed by atoms with Gasteiger partial charge < -0.3 is 4.90 Å². The van der Waals surface area contributed by atoms with Crippen LogP contribution in [0.5, 0.6) is 0 Å². The van der Waals surface area contributed by atoms with E-state index in [0.717, 1.165) is 28.4 Å². The Kier molecular flexibility index (Phi) is 4.10. The van der Waals surface area contributed by atoms with Crippen molar-refractivity contribution in [3.8, 4) is 0 Å². The summed E-state index contributed by atoms with van der Waals surface area (Å²) in [6.45, 7) is 2.63. The summed E-state index contributed by atoms with van der Waals surface area (Å²) in [7, 11) is 0. The lowest BCUT2D eigenvalue weighted by Gasteiger charge is -2.21. The summed E-state index contributed by atoms with van der Waals surface area (Å²) in [4.78, 5) is 14.3. The van der Waals surface area contributed by atoms with Gasteiger partial charge in [-0.25, -0.2) is 0 Å². The van der Waals surface area contributed by atoms with Gasteiger partial charge in [-0.1, -0.05) is 15.9 Å². The van der Waals surface area contributed by atoms with Gasteiger partial charge in [0.15, 0.2) is 0 Å². The van der Waals surface area contributed by atoms with Crippen molar-refractivity contribution in [2.45, 2.75) is 25.8 Å². The predicted octanol–water partition coefficient (Wildman–Crippen LogP) is 3.60.